The first-order chi connectivity index (χ1) is 31.3. The zero-order valence-electron chi connectivity index (χ0n) is 36.1. The van der Waals surface area contributed by atoms with E-state index in [2.05, 4.69) is 183 Å². The minimum atomic E-state index is -3.82. The molecule has 0 amide bonds. The number of hydrogen-bond donors (Lipinski definition) is 0. The van der Waals surface area contributed by atoms with Crippen LogP contribution in [0.25, 0.3) is 53.6 Å². The normalized spacial score (nSPS) is 22.0. The standard InChI is InChI=1S/C59H49NO2S2/c1-38-32-46-34-39(2)35-47(33-38)59(46)53-13-7-9-15-57(53)64(61,62)58-37-50(29-31-54(58)59)60(48-25-20-43(21-26-48)42-18-16-41(17-19-42)40-10-4-3-5-11-40)49-27-22-44(23-28-49)45-24-30-52-51-12-6-8-14-55(51)63-56(52)36-45/h3-31,36-39,46-47H,32-35H2,1-2H3/t38?,39?,46-,47-,59?. The average Bonchev–Trinajstić information content (AvgIpc) is 3.70. The lowest BCUT2D eigenvalue weighted by Crippen LogP contribution is -2.54. The van der Waals surface area contributed by atoms with Crippen LogP contribution in [0.2, 0.25) is 0 Å². The molecule has 0 radical (unpaired) electrons. The van der Waals surface area contributed by atoms with Crippen molar-refractivity contribution in [1.82, 2.24) is 0 Å². The number of benzene rings is 8. The van der Waals surface area contributed by atoms with E-state index in [0.717, 1.165) is 70.6 Å². The molecule has 2 fully saturated rings. The number of hydrogen-bond acceptors (Lipinski definition) is 4. The highest BCUT2D eigenvalue weighted by Crippen LogP contribution is 2.64. The average molecular weight is 868 g/mol. The van der Waals surface area contributed by atoms with Gasteiger partial charge in [-0.3, -0.25) is 0 Å². The Morgan fingerprint density at radius 2 is 0.906 bits per heavy atom. The van der Waals surface area contributed by atoms with Crippen LogP contribution in [0.15, 0.2) is 198 Å². The van der Waals surface area contributed by atoms with Crippen LogP contribution in [0.3, 0.4) is 0 Å². The van der Waals surface area contributed by atoms with Gasteiger partial charge in [0.15, 0.2) is 0 Å². The van der Waals surface area contributed by atoms with Gasteiger partial charge in [0.25, 0.3) is 0 Å². The molecule has 2 saturated carbocycles. The Hall–Kier alpha value is -6.27. The summed E-state index contributed by atoms with van der Waals surface area (Å²) in [6, 6.07) is 66.5. The molecule has 2 bridgehead atoms. The minimum Gasteiger partial charge on any atom is -0.310 e. The summed E-state index contributed by atoms with van der Waals surface area (Å²) in [5.41, 5.74) is 11.4. The largest absolute Gasteiger partial charge is 0.310 e. The summed E-state index contributed by atoms with van der Waals surface area (Å²) in [7, 11) is -3.82. The van der Waals surface area contributed by atoms with Crippen LogP contribution in [-0.4, -0.2) is 8.42 Å². The van der Waals surface area contributed by atoms with Gasteiger partial charge in [0, 0.05) is 42.6 Å². The van der Waals surface area contributed by atoms with Gasteiger partial charge in [-0.25, -0.2) is 8.42 Å². The van der Waals surface area contributed by atoms with Gasteiger partial charge >= 0.3 is 0 Å². The van der Waals surface area contributed by atoms with Crippen molar-refractivity contribution in [1.29, 1.82) is 0 Å². The Kier molecular flexibility index (Phi) is 9.33. The smallest absolute Gasteiger partial charge is 0.207 e. The Morgan fingerprint density at radius 1 is 0.438 bits per heavy atom. The van der Waals surface area contributed by atoms with Crippen LogP contribution in [0.1, 0.15) is 50.7 Å². The second kappa shape index (κ2) is 15.2. The molecule has 0 N–H and O–H groups in total. The monoisotopic (exact) mass is 867 g/mol. The van der Waals surface area contributed by atoms with Crippen molar-refractivity contribution in [3.8, 4) is 33.4 Å². The van der Waals surface area contributed by atoms with Gasteiger partial charge in [0.1, 0.15) is 0 Å². The number of fused-ring (bicyclic) bond motifs is 5. The maximum absolute atomic E-state index is 15.1. The minimum absolute atomic E-state index is 0.325. The van der Waals surface area contributed by atoms with E-state index < -0.39 is 9.84 Å². The number of nitrogens with zero attached hydrogens (tertiary/aromatic N) is 1. The third-order valence-electron chi connectivity index (χ3n) is 14.9. The number of thiophene rings is 1. The van der Waals surface area contributed by atoms with E-state index in [1.165, 1.54) is 36.9 Å². The molecule has 3 nitrogen and oxygen atoms in total. The first-order valence-corrected chi connectivity index (χ1v) is 25.1. The molecule has 5 heteroatoms. The van der Waals surface area contributed by atoms with E-state index in [9.17, 15) is 0 Å². The predicted molar refractivity (Wildman–Crippen MR) is 267 cm³/mol. The number of sulfone groups is 1. The summed E-state index contributed by atoms with van der Waals surface area (Å²) in [5.74, 6) is 2.01. The first kappa shape index (κ1) is 39.3. The maximum Gasteiger partial charge on any atom is 0.207 e. The molecule has 2 heterocycles. The van der Waals surface area contributed by atoms with Gasteiger partial charge < -0.3 is 4.90 Å². The van der Waals surface area contributed by atoms with Crippen LogP contribution in [0, 0.1) is 23.7 Å². The second-order valence-electron chi connectivity index (χ2n) is 18.8. The lowest BCUT2D eigenvalue weighted by Gasteiger charge is -2.59. The molecule has 2 aliphatic carbocycles. The molecule has 0 saturated heterocycles. The lowest BCUT2D eigenvalue weighted by molar-refractivity contribution is 0.0231. The molecular formula is C59H49NO2S2. The Morgan fingerprint density at radius 3 is 1.55 bits per heavy atom. The number of rotatable bonds is 6. The molecule has 12 rings (SSSR count). The summed E-state index contributed by atoms with van der Waals surface area (Å²) in [4.78, 5) is 3.19. The molecule has 9 aromatic rings. The van der Waals surface area contributed by atoms with Gasteiger partial charge in [-0.2, -0.15) is 0 Å². The summed E-state index contributed by atoms with van der Waals surface area (Å²) in [5, 5.41) is 2.59. The molecular weight excluding hydrogens is 819 g/mol. The van der Waals surface area contributed by atoms with Crippen molar-refractivity contribution in [3.63, 3.8) is 0 Å². The molecule has 0 unspecified atom stereocenters. The highest BCUT2D eigenvalue weighted by atomic mass is 32.2. The maximum atomic E-state index is 15.1. The van der Waals surface area contributed by atoms with Gasteiger partial charge in [0.2, 0.25) is 9.84 Å². The topological polar surface area (TPSA) is 37.4 Å². The fraction of sp³-hybridized carbons (Fsp3) is 0.186. The van der Waals surface area contributed by atoms with Gasteiger partial charge in [-0.15, -0.1) is 11.3 Å². The van der Waals surface area contributed by atoms with E-state index in [4.69, 9.17) is 0 Å². The van der Waals surface area contributed by atoms with Crippen LogP contribution < -0.4 is 4.90 Å². The summed E-state index contributed by atoms with van der Waals surface area (Å²) in [6.45, 7) is 4.80. The molecule has 1 aliphatic heterocycles. The number of anilines is 3. The third kappa shape index (κ3) is 6.23. The fourth-order valence-corrected chi connectivity index (χ4v) is 15.2. The van der Waals surface area contributed by atoms with Crippen molar-refractivity contribution in [2.75, 3.05) is 4.90 Å². The van der Waals surface area contributed by atoms with Crippen molar-refractivity contribution in [2.24, 2.45) is 23.7 Å². The van der Waals surface area contributed by atoms with E-state index in [1.54, 1.807) is 0 Å². The summed E-state index contributed by atoms with van der Waals surface area (Å²) < 4.78 is 32.7. The zero-order valence-corrected chi connectivity index (χ0v) is 37.7. The fourth-order valence-electron chi connectivity index (χ4n) is 12.2. The molecule has 0 atom stereocenters. The van der Waals surface area contributed by atoms with Crippen molar-refractivity contribution in [2.45, 2.75) is 54.7 Å². The van der Waals surface area contributed by atoms with Gasteiger partial charge in [-0.05, 0) is 148 Å². The first-order valence-electron chi connectivity index (χ1n) is 22.8. The molecule has 1 aromatic heterocycles. The van der Waals surface area contributed by atoms with Gasteiger partial charge in [-0.1, -0.05) is 147 Å². The van der Waals surface area contributed by atoms with Crippen LogP contribution in [0.4, 0.5) is 17.1 Å². The Bertz CT molecular complexity index is 3300. The van der Waals surface area contributed by atoms with E-state index in [0.29, 0.717) is 33.5 Å². The predicted octanol–water partition coefficient (Wildman–Crippen LogP) is 16.0. The van der Waals surface area contributed by atoms with Crippen LogP contribution >= 0.6 is 11.3 Å². The van der Waals surface area contributed by atoms with Gasteiger partial charge in [0.05, 0.1) is 9.79 Å². The lowest BCUT2D eigenvalue weighted by atomic mass is 9.46. The van der Waals surface area contributed by atoms with Crippen molar-refractivity contribution in [3.05, 3.63) is 199 Å². The van der Waals surface area contributed by atoms with E-state index in [1.807, 2.05) is 35.6 Å². The van der Waals surface area contributed by atoms with Crippen LogP contribution in [0.5, 0.6) is 0 Å². The zero-order chi connectivity index (χ0) is 43.2. The highest BCUT2D eigenvalue weighted by Gasteiger charge is 2.59. The van der Waals surface area contributed by atoms with Crippen LogP contribution in [-0.2, 0) is 15.3 Å². The molecule has 8 aromatic carbocycles. The molecule has 3 aliphatic rings. The summed E-state index contributed by atoms with van der Waals surface area (Å²) >= 11 is 1.83. The second-order valence-corrected chi connectivity index (χ2v) is 21.7. The Balaban J connectivity index is 0.978. The molecule has 1 spiro atoms. The van der Waals surface area contributed by atoms with Crippen molar-refractivity contribution < 1.29 is 8.42 Å². The third-order valence-corrected chi connectivity index (χ3v) is 17.9. The Labute approximate surface area is 380 Å². The highest BCUT2D eigenvalue weighted by molar-refractivity contribution is 7.91. The molecule has 314 valence electrons. The summed E-state index contributed by atoms with van der Waals surface area (Å²) in [6.07, 6.45) is 4.47. The molecule has 64 heavy (non-hydrogen) atoms. The van der Waals surface area contributed by atoms with E-state index >= 15 is 8.42 Å². The SMILES string of the molecule is CC1C[C@H]2CC(C)C[C@H](C1)C21c2ccccc2S(=O)(=O)c2cc(N(c3ccc(-c4ccc(-c5ccccc5)cc4)cc3)c3ccc(-c4ccc5c(c4)sc4ccccc45)cc3)ccc21. The van der Waals surface area contributed by atoms with Crippen molar-refractivity contribution >= 4 is 58.4 Å². The van der Waals surface area contributed by atoms with E-state index in [-0.39, 0.29) is 5.41 Å². The quantitative estimate of drug-likeness (QED) is 0.167.